The molecule has 22 heavy (non-hydrogen) atoms. The zero-order chi connectivity index (χ0) is 15.7. The predicted molar refractivity (Wildman–Crippen MR) is 85.6 cm³/mol. The second kappa shape index (κ2) is 5.84. The van der Waals surface area contributed by atoms with Gasteiger partial charge in [-0.3, -0.25) is 14.9 Å². The quantitative estimate of drug-likeness (QED) is 0.822. The van der Waals surface area contributed by atoms with Crippen molar-refractivity contribution in [3.05, 3.63) is 35.4 Å². The Labute approximate surface area is 131 Å². The third-order valence-corrected chi connectivity index (χ3v) is 5.37. The average Bonchev–Trinajstić information content (AvgIpc) is 2.52. The van der Waals surface area contributed by atoms with Crippen LogP contribution in [-0.4, -0.2) is 24.9 Å². The summed E-state index contributed by atoms with van der Waals surface area (Å²) in [7, 11) is 0. The summed E-state index contributed by atoms with van der Waals surface area (Å²) >= 11 is 0. The molecule has 2 fully saturated rings. The monoisotopic (exact) mass is 300 g/mol. The number of benzene rings is 1. The number of hydrogen-bond acceptors (Lipinski definition) is 3. The van der Waals surface area contributed by atoms with Gasteiger partial charge in [0.05, 0.1) is 5.41 Å². The van der Waals surface area contributed by atoms with Crippen molar-refractivity contribution in [2.45, 2.75) is 44.4 Å². The number of carbonyl (C=O) groups is 2. The number of carbonyl (C=O) groups excluding carboxylic acids is 2. The van der Waals surface area contributed by atoms with E-state index in [2.05, 4.69) is 41.8 Å². The molecular formula is C18H24N2O2. The van der Waals surface area contributed by atoms with Gasteiger partial charge in [-0.1, -0.05) is 31.2 Å². The van der Waals surface area contributed by atoms with Crippen LogP contribution in [0, 0.1) is 5.92 Å². The summed E-state index contributed by atoms with van der Waals surface area (Å²) in [5, 5.41) is 5.90. The first kappa shape index (κ1) is 15.2. The molecule has 0 spiro atoms. The minimum absolute atomic E-state index is 0.164. The van der Waals surface area contributed by atoms with E-state index in [1.54, 1.807) is 0 Å². The van der Waals surface area contributed by atoms with Gasteiger partial charge < -0.3 is 5.32 Å². The van der Waals surface area contributed by atoms with E-state index in [0.717, 1.165) is 25.1 Å². The number of nitrogens with one attached hydrogen (secondary N) is 2. The molecule has 2 amide bonds. The van der Waals surface area contributed by atoms with Crippen LogP contribution in [0.2, 0.25) is 0 Å². The summed E-state index contributed by atoms with van der Waals surface area (Å²) < 4.78 is 0. The van der Waals surface area contributed by atoms with E-state index in [0.29, 0.717) is 24.7 Å². The van der Waals surface area contributed by atoms with E-state index in [1.807, 2.05) is 6.92 Å². The molecule has 0 radical (unpaired) electrons. The third kappa shape index (κ3) is 2.68. The van der Waals surface area contributed by atoms with Crippen LogP contribution in [0.4, 0.5) is 0 Å². The summed E-state index contributed by atoms with van der Waals surface area (Å²) in [6.45, 7) is 6.34. The van der Waals surface area contributed by atoms with Crippen molar-refractivity contribution in [2.24, 2.45) is 5.92 Å². The van der Waals surface area contributed by atoms with Crippen molar-refractivity contribution >= 4 is 11.8 Å². The van der Waals surface area contributed by atoms with E-state index in [9.17, 15) is 9.59 Å². The topological polar surface area (TPSA) is 58.2 Å². The molecule has 1 aromatic carbocycles. The van der Waals surface area contributed by atoms with Gasteiger partial charge in [-0.25, -0.2) is 0 Å². The molecule has 3 rings (SSSR count). The second-order valence-corrected chi connectivity index (χ2v) is 6.91. The van der Waals surface area contributed by atoms with E-state index in [-0.39, 0.29) is 11.8 Å². The molecule has 3 atom stereocenters. The van der Waals surface area contributed by atoms with Crippen LogP contribution in [0.1, 0.15) is 50.2 Å². The van der Waals surface area contributed by atoms with Crippen LogP contribution in [0.15, 0.2) is 24.3 Å². The Morgan fingerprint density at radius 1 is 1.18 bits per heavy atom. The lowest BCUT2D eigenvalue weighted by Crippen LogP contribution is -2.49. The first-order valence-corrected chi connectivity index (χ1v) is 8.16. The minimum Gasteiger partial charge on any atom is -0.316 e. The van der Waals surface area contributed by atoms with E-state index in [1.165, 1.54) is 5.56 Å². The lowest BCUT2D eigenvalue weighted by atomic mass is 9.74. The van der Waals surface area contributed by atoms with Gasteiger partial charge in [0.2, 0.25) is 11.8 Å². The number of piperidine rings is 2. The van der Waals surface area contributed by atoms with Crippen LogP contribution in [-0.2, 0) is 15.0 Å². The highest BCUT2D eigenvalue weighted by molar-refractivity contribution is 6.03. The second-order valence-electron chi connectivity index (χ2n) is 6.91. The fraction of sp³-hybridized carbons (Fsp3) is 0.556. The van der Waals surface area contributed by atoms with Gasteiger partial charge in [0.25, 0.3) is 0 Å². The maximum absolute atomic E-state index is 12.2. The van der Waals surface area contributed by atoms with Crippen molar-refractivity contribution in [1.82, 2.24) is 10.6 Å². The number of amides is 2. The van der Waals surface area contributed by atoms with Gasteiger partial charge in [-0.05, 0) is 55.8 Å². The first-order valence-electron chi connectivity index (χ1n) is 8.16. The normalized spacial score (nSPS) is 32.6. The summed E-state index contributed by atoms with van der Waals surface area (Å²) in [5.74, 6) is 0.880. The average molecular weight is 300 g/mol. The molecule has 4 heteroatoms. The van der Waals surface area contributed by atoms with E-state index in [4.69, 9.17) is 0 Å². The van der Waals surface area contributed by atoms with Gasteiger partial charge in [0, 0.05) is 6.42 Å². The maximum atomic E-state index is 12.2. The third-order valence-electron chi connectivity index (χ3n) is 5.37. The largest absolute Gasteiger partial charge is 0.316 e. The molecule has 2 aliphatic rings. The minimum atomic E-state index is -0.591. The van der Waals surface area contributed by atoms with Gasteiger partial charge in [-0.15, -0.1) is 0 Å². The van der Waals surface area contributed by atoms with Crippen molar-refractivity contribution < 1.29 is 9.59 Å². The molecule has 4 nitrogen and oxygen atoms in total. The van der Waals surface area contributed by atoms with Gasteiger partial charge in [-0.2, -0.15) is 0 Å². The van der Waals surface area contributed by atoms with E-state index < -0.39 is 5.41 Å². The Kier molecular flexibility index (Phi) is 4.04. The number of imide groups is 1. The molecule has 1 aromatic rings. The van der Waals surface area contributed by atoms with Crippen LogP contribution in [0.5, 0.6) is 0 Å². The SMILES string of the molecule is CC1CNCCC1c1ccc([C@@]2(C)CCC(=O)NC2=O)cc1. The van der Waals surface area contributed by atoms with Crippen LogP contribution >= 0.6 is 0 Å². The molecule has 2 saturated heterocycles. The van der Waals surface area contributed by atoms with Crippen molar-refractivity contribution in [3.8, 4) is 0 Å². The van der Waals surface area contributed by atoms with Crippen LogP contribution < -0.4 is 10.6 Å². The Morgan fingerprint density at radius 3 is 2.55 bits per heavy atom. The first-order chi connectivity index (χ1) is 10.5. The molecule has 2 aliphatic heterocycles. The van der Waals surface area contributed by atoms with Crippen LogP contribution in [0.3, 0.4) is 0 Å². The molecule has 0 saturated carbocycles. The summed E-state index contributed by atoms with van der Waals surface area (Å²) in [6.07, 6.45) is 2.16. The maximum Gasteiger partial charge on any atom is 0.236 e. The molecule has 2 unspecified atom stereocenters. The van der Waals surface area contributed by atoms with E-state index >= 15 is 0 Å². The molecule has 118 valence electrons. The predicted octanol–water partition coefficient (Wildman–Crippen LogP) is 2.09. The summed E-state index contributed by atoms with van der Waals surface area (Å²) in [4.78, 5) is 23.6. The molecule has 0 aliphatic carbocycles. The molecule has 2 N–H and O–H groups in total. The smallest absolute Gasteiger partial charge is 0.236 e. The molecular weight excluding hydrogens is 276 g/mol. The fourth-order valence-electron chi connectivity index (χ4n) is 3.69. The van der Waals surface area contributed by atoms with Crippen molar-refractivity contribution in [1.29, 1.82) is 0 Å². The lowest BCUT2D eigenvalue weighted by molar-refractivity contribution is -0.137. The van der Waals surface area contributed by atoms with Gasteiger partial charge >= 0.3 is 0 Å². The van der Waals surface area contributed by atoms with Crippen molar-refractivity contribution in [3.63, 3.8) is 0 Å². The Balaban J connectivity index is 1.82. The Hall–Kier alpha value is -1.68. The summed E-state index contributed by atoms with van der Waals surface area (Å²) in [5.41, 5.74) is 1.77. The zero-order valence-electron chi connectivity index (χ0n) is 13.3. The fourth-order valence-corrected chi connectivity index (χ4v) is 3.69. The van der Waals surface area contributed by atoms with Gasteiger partial charge in [0.1, 0.15) is 0 Å². The standard InChI is InChI=1S/C18H24N2O2/c1-12-11-19-10-8-15(12)13-3-5-14(6-4-13)18(2)9-7-16(21)20-17(18)22/h3-6,12,15,19H,7-11H2,1-2H3,(H,20,21,22)/t12?,15?,18-/m1/s1. The highest BCUT2D eigenvalue weighted by Gasteiger charge is 2.39. The van der Waals surface area contributed by atoms with Crippen LogP contribution in [0.25, 0.3) is 0 Å². The molecule has 0 aromatic heterocycles. The highest BCUT2D eigenvalue weighted by atomic mass is 16.2. The number of rotatable bonds is 2. The molecule has 2 heterocycles. The zero-order valence-corrected chi connectivity index (χ0v) is 13.3. The Bertz CT molecular complexity index is 581. The summed E-state index contributed by atoms with van der Waals surface area (Å²) in [6, 6.07) is 8.46. The number of hydrogen-bond donors (Lipinski definition) is 2. The Morgan fingerprint density at radius 2 is 1.91 bits per heavy atom. The lowest BCUT2D eigenvalue weighted by Gasteiger charge is -2.33. The van der Waals surface area contributed by atoms with Crippen molar-refractivity contribution in [2.75, 3.05) is 13.1 Å². The molecule has 0 bridgehead atoms. The van der Waals surface area contributed by atoms with Gasteiger partial charge in [0.15, 0.2) is 0 Å². The highest BCUT2D eigenvalue weighted by Crippen LogP contribution is 2.35.